The Labute approximate surface area is 204 Å². The molecule has 6 rings (SSSR count). The Hall–Kier alpha value is -3.42. The van der Waals surface area contributed by atoms with E-state index >= 15 is 0 Å². The number of hydrogen-bond donors (Lipinski definition) is 1. The van der Waals surface area contributed by atoms with Gasteiger partial charge in [-0.2, -0.15) is 0 Å². The number of fused-ring (bicyclic) bond motifs is 13. The van der Waals surface area contributed by atoms with Crippen molar-refractivity contribution in [3.63, 3.8) is 0 Å². The molecule has 4 aromatic rings. The smallest absolute Gasteiger partial charge is 0.235 e. The summed E-state index contributed by atoms with van der Waals surface area (Å²) in [6, 6.07) is 16.5. The van der Waals surface area contributed by atoms with Gasteiger partial charge in [0.05, 0.1) is 18.4 Å². The van der Waals surface area contributed by atoms with Gasteiger partial charge in [0.25, 0.3) is 0 Å². The number of amides is 2. The summed E-state index contributed by atoms with van der Waals surface area (Å²) in [4.78, 5) is 28.8. The number of likely N-dealkylation sites (N-methyl/N-ethyl adjacent to an activating group) is 1. The summed E-state index contributed by atoms with van der Waals surface area (Å²) >= 11 is 0. The highest BCUT2D eigenvalue weighted by molar-refractivity contribution is 6.13. The van der Waals surface area contributed by atoms with Crippen LogP contribution in [-0.4, -0.2) is 59.7 Å². The monoisotopic (exact) mass is 470 g/mol. The molecule has 0 aliphatic carbocycles. The molecule has 4 heterocycles. The number of benzene rings is 2. The van der Waals surface area contributed by atoms with Crippen LogP contribution >= 0.6 is 0 Å². The number of carbonyl (C=O) groups excluding carboxylic acids is 2. The first-order chi connectivity index (χ1) is 17.0. The number of aromatic nitrogens is 2. The Balaban J connectivity index is 1.59. The van der Waals surface area contributed by atoms with Crippen molar-refractivity contribution >= 4 is 33.6 Å². The van der Waals surface area contributed by atoms with Gasteiger partial charge in [-0.25, -0.2) is 0 Å². The maximum atomic E-state index is 13.3. The molecule has 0 unspecified atom stereocenters. The third-order valence-corrected chi connectivity index (χ3v) is 7.45. The zero-order valence-electron chi connectivity index (χ0n) is 20.1. The lowest BCUT2D eigenvalue weighted by Crippen LogP contribution is -2.25. The van der Waals surface area contributed by atoms with Crippen LogP contribution in [0.2, 0.25) is 0 Å². The summed E-state index contributed by atoms with van der Waals surface area (Å²) < 4.78 is 10.5. The first-order valence-electron chi connectivity index (χ1n) is 12.3. The maximum Gasteiger partial charge on any atom is 0.235 e. The van der Waals surface area contributed by atoms with Gasteiger partial charge in [-0.1, -0.05) is 36.4 Å². The first-order valence-corrected chi connectivity index (χ1v) is 12.3. The first kappa shape index (κ1) is 22.1. The van der Waals surface area contributed by atoms with Gasteiger partial charge in [0, 0.05) is 59.9 Å². The third-order valence-electron chi connectivity index (χ3n) is 7.45. The van der Waals surface area contributed by atoms with E-state index in [9.17, 15) is 9.59 Å². The Morgan fingerprint density at radius 1 is 0.886 bits per heavy atom. The highest BCUT2D eigenvalue weighted by Crippen LogP contribution is 2.44. The highest BCUT2D eigenvalue weighted by atomic mass is 16.5. The summed E-state index contributed by atoms with van der Waals surface area (Å²) in [6.45, 7) is 2.78. The van der Waals surface area contributed by atoms with E-state index < -0.39 is 11.8 Å². The number of nitrogens with zero attached hydrogens (tertiary/aromatic N) is 3. The molecule has 0 spiro atoms. The molecule has 2 aliphatic heterocycles. The lowest BCUT2D eigenvalue weighted by atomic mass is 9.83. The number of ether oxygens (including phenoxy) is 1. The zero-order valence-corrected chi connectivity index (χ0v) is 20.1. The molecule has 2 aliphatic rings. The highest BCUT2D eigenvalue weighted by Gasteiger charge is 2.46. The van der Waals surface area contributed by atoms with Crippen LogP contribution in [0, 0.1) is 0 Å². The van der Waals surface area contributed by atoms with Crippen LogP contribution < -0.4 is 5.32 Å². The molecule has 1 saturated heterocycles. The molecule has 4 bridgehead atoms. The van der Waals surface area contributed by atoms with Crippen molar-refractivity contribution < 1.29 is 14.3 Å². The van der Waals surface area contributed by atoms with Gasteiger partial charge < -0.3 is 18.8 Å². The molecule has 0 radical (unpaired) electrons. The van der Waals surface area contributed by atoms with E-state index in [2.05, 4.69) is 57.8 Å². The Kier molecular flexibility index (Phi) is 5.46. The fourth-order valence-electron chi connectivity index (χ4n) is 5.94. The minimum Gasteiger partial charge on any atom is -0.380 e. The van der Waals surface area contributed by atoms with E-state index in [-0.39, 0.29) is 17.9 Å². The topological polar surface area (TPSA) is 68.5 Å². The van der Waals surface area contributed by atoms with Crippen LogP contribution in [0.25, 0.3) is 21.8 Å². The van der Waals surface area contributed by atoms with E-state index in [1.54, 1.807) is 0 Å². The quantitative estimate of drug-likeness (QED) is 0.454. The maximum absolute atomic E-state index is 13.3. The number of rotatable bonds is 2. The Morgan fingerprint density at radius 3 is 2.23 bits per heavy atom. The van der Waals surface area contributed by atoms with E-state index in [1.165, 1.54) is 0 Å². The van der Waals surface area contributed by atoms with Crippen LogP contribution in [0.4, 0.5) is 0 Å². The fourth-order valence-corrected chi connectivity index (χ4v) is 5.94. The lowest BCUT2D eigenvalue weighted by molar-refractivity contribution is -0.125. The van der Waals surface area contributed by atoms with E-state index in [0.29, 0.717) is 19.8 Å². The molecule has 3 atom stereocenters. The summed E-state index contributed by atoms with van der Waals surface area (Å²) in [5.74, 6) is -1.61. The lowest BCUT2D eigenvalue weighted by Gasteiger charge is -2.24. The van der Waals surface area contributed by atoms with Crippen LogP contribution in [0.5, 0.6) is 0 Å². The predicted molar refractivity (Wildman–Crippen MR) is 136 cm³/mol. The van der Waals surface area contributed by atoms with Gasteiger partial charge in [0.1, 0.15) is 0 Å². The second-order valence-corrected chi connectivity index (χ2v) is 9.93. The largest absolute Gasteiger partial charge is 0.380 e. The third kappa shape index (κ3) is 3.66. The Bertz CT molecular complexity index is 1430. The number of nitrogens with one attached hydrogen (secondary N) is 1. The molecule has 2 aromatic heterocycles. The molecule has 180 valence electrons. The molecule has 1 fully saturated rings. The van der Waals surface area contributed by atoms with Gasteiger partial charge in [0.2, 0.25) is 11.8 Å². The molecule has 1 N–H and O–H groups in total. The number of imide groups is 1. The van der Waals surface area contributed by atoms with Crippen molar-refractivity contribution in [1.82, 2.24) is 19.4 Å². The van der Waals surface area contributed by atoms with Gasteiger partial charge in [-0.3, -0.25) is 14.9 Å². The summed E-state index contributed by atoms with van der Waals surface area (Å²) in [5.41, 5.74) is 3.94. The summed E-state index contributed by atoms with van der Waals surface area (Å²) in [5, 5.41) is 4.69. The van der Waals surface area contributed by atoms with Crippen molar-refractivity contribution in [1.29, 1.82) is 0 Å². The fraction of sp³-hybridized carbons (Fsp3) is 0.357. The minimum atomic E-state index is -0.580. The number of hydrogen-bond acceptors (Lipinski definition) is 4. The zero-order chi connectivity index (χ0) is 24.1. The second-order valence-electron chi connectivity index (χ2n) is 9.93. The molecular weight excluding hydrogens is 440 g/mol. The van der Waals surface area contributed by atoms with Crippen molar-refractivity contribution in [2.45, 2.75) is 30.8 Å². The molecule has 2 amide bonds. The number of carbonyl (C=O) groups is 2. The molecule has 0 saturated carbocycles. The second kappa shape index (κ2) is 8.66. The SMILES string of the molecule is CN(C)C[C@@H]1CCOCCn2cc(c3ccccc32)[C@H]2C(=O)NC(=O)[C@@H]2c2cn1c1ccccc21. The normalized spacial score (nSPS) is 23.0. The predicted octanol–water partition coefficient (Wildman–Crippen LogP) is 3.64. The van der Waals surface area contributed by atoms with Crippen molar-refractivity contribution in [3.05, 3.63) is 72.1 Å². The van der Waals surface area contributed by atoms with Gasteiger partial charge in [0.15, 0.2) is 0 Å². The van der Waals surface area contributed by atoms with Crippen molar-refractivity contribution in [2.24, 2.45) is 0 Å². The van der Waals surface area contributed by atoms with E-state index in [1.807, 2.05) is 36.5 Å². The van der Waals surface area contributed by atoms with Gasteiger partial charge >= 0.3 is 0 Å². The van der Waals surface area contributed by atoms with Gasteiger partial charge in [-0.15, -0.1) is 0 Å². The van der Waals surface area contributed by atoms with E-state index in [0.717, 1.165) is 45.9 Å². The van der Waals surface area contributed by atoms with Crippen molar-refractivity contribution in [2.75, 3.05) is 33.9 Å². The average molecular weight is 471 g/mol. The van der Waals surface area contributed by atoms with Crippen LogP contribution in [0.15, 0.2) is 60.9 Å². The van der Waals surface area contributed by atoms with Crippen LogP contribution in [0.3, 0.4) is 0 Å². The molecule has 2 aromatic carbocycles. The molecular formula is C28H30N4O3. The van der Waals surface area contributed by atoms with Crippen LogP contribution in [-0.2, 0) is 20.9 Å². The molecule has 7 heteroatoms. The molecule has 7 nitrogen and oxygen atoms in total. The van der Waals surface area contributed by atoms with Gasteiger partial charge in [-0.05, 0) is 43.8 Å². The van der Waals surface area contributed by atoms with Crippen molar-refractivity contribution in [3.8, 4) is 0 Å². The van der Waals surface area contributed by atoms with Crippen LogP contribution in [0.1, 0.15) is 35.4 Å². The summed E-state index contributed by atoms with van der Waals surface area (Å²) in [7, 11) is 4.15. The minimum absolute atomic E-state index is 0.179. The van der Waals surface area contributed by atoms with E-state index in [4.69, 9.17) is 4.74 Å². The number of para-hydroxylation sites is 2. The summed E-state index contributed by atoms with van der Waals surface area (Å²) in [6.07, 6.45) is 5.01. The average Bonchev–Trinajstić information content (AvgIpc) is 3.48. The molecule has 35 heavy (non-hydrogen) atoms. The standard InChI is InChI=1S/C28H30N4O3/c1-30(2)15-18-11-13-35-14-12-31-16-21(19-7-3-5-9-23(19)31)25-26(28(34)29-27(25)33)22-17-32(18)24-10-6-4-8-20(22)24/h3-10,16-18,25-26H,11-15H2,1-2H3,(H,29,33,34)/t18-,25+,26+/m0/s1. The Morgan fingerprint density at radius 2 is 1.51 bits per heavy atom.